The fraction of sp³-hybridized carbons (Fsp3) is 0.923. The minimum absolute atomic E-state index is 0.00805. The van der Waals surface area contributed by atoms with Crippen molar-refractivity contribution in [3.05, 3.63) is 0 Å². The number of rotatable bonds is 23. The predicted octanol–water partition coefficient (Wildman–Crippen LogP) is 6.54. The molecule has 0 amide bonds. The van der Waals surface area contributed by atoms with E-state index in [0.717, 1.165) is 51.4 Å². The van der Waals surface area contributed by atoms with Gasteiger partial charge in [0.1, 0.15) is 5.78 Å². The zero-order chi connectivity index (χ0) is 23.2. The molecule has 2 unspecified atom stereocenters. The smallest absolute Gasteiger partial charge is 0.308 e. The topological polar surface area (TPSA) is 72.8 Å². The van der Waals surface area contributed by atoms with E-state index in [1.807, 2.05) is 0 Å². The van der Waals surface area contributed by atoms with Gasteiger partial charge in [-0.1, -0.05) is 83.5 Å². The molecule has 184 valence electrons. The molecule has 0 aliphatic carbocycles. The Morgan fingerprint density at radius 3 is 1.52 bits per heavy atom. The maximum Gasteiger partial charge on any atom is 0.308 e. The van der Waals surface area contributed by atoms with E-state index < -0.39 is 0 Å². The molecular formula is C26H50O5. The van der Waals surface area contributed by atoms with Crippen LogP contribution in [-0.4, -0.2) is 43.3 Å². The van der Waals surface area contributed by atoms with Gasteiger partial charge in [0.15, 0.2) is 0 Å². The highest BCUT2D eigenvalue weighted by Gasteiger charge is 2.12. The van der Waals surface area contributed by atoms with Gasteiger partial charge < -0.3 is 19.4 Å². The Labute approximate surface area is 191 Å². The molecule has 31 heavy (non-hydrogen) atoms. The molecule has 0 saturated heterocycles. The number of hydrogen-bond acceptors (Lipinski definition) is 5. The summed E-state index contributed by atoms with van der Waals surface area (Å²) in [6.07, 6.45) is 20.5. The van der Waals surface area contributed by atoms with Crippen molar-refractivity contribution in [2.45, 2.75) is 141 Å². The van der Waals surface area contributed by atoms with Crippen LogP contribution in [0, 0.1) is 0 Å². The van der Waals surface area contributed by atoms with E-state index in [1.54, 1.807) is 14.0 Å². The number of ketones is 1. The minimum Gasteiger partial charge on any atom is -0.469 e. The third-order valence-electron chi connectivity index (χ3n) is 6.08. The molecule has 0 fully saturated rings. The normalized spacial score (nSPS) is 13.2. The molecule has 0 rings (SSSR count). The van der Waals surface area contributed by atoms with Crippen molar-refractivity contribution in [2.24, 2.45) is 0 Å². The largest absolute Gasteiger partial charge is 0.469 e. The van der Waals surface area contributed by atoms with Gasteiger partial charge in [-0.05, 0) is 32.6 Å². The van der Waals surface area contributed by atoms with Gasteiger partial charge in [0, 0.05) is 13.5 Å². The molecule has 0 radical (unpaired) electrons. The zero-order valence-corrected chi connectivity index (χ0v) is 20.7. The van der Waals surface area contributed by atoms with Crippen LogP contribution >= 0.6 is 0 Å². The summed E-state index contributed by atoms with van der Waals surface area (Å²) >= 11 is 0. The molecular weight excluding hydrogens is 392 g/mol. The van der Waals surface area contributed by atoms with Gasteiger partial charge in [-0.25, -0.2) is 0 Å². The van der Waals surface area contributed by atoms with Crippen molar-refractivity contribution in [3.63, 3.8) is 0 Å². The molecule has 5 nitrogen and oxygen atoms in total. The second-order valence-electron chi connectivity index (χ2n) is 9.06. The van der Waals surface area contributed by atoms with Crippen molar-refractivity contribution >= 4 is 11.8 Å². The van der Waals surface area contributed by atoms with Crippen molar-refractivity contribution in [3.8, 4) is 0 Å². The number of hydrogen-bond donors (Lipinski definition) is 1. The first-order valence-corrected chi connectivity index (χ1v) is 12.8. The maximum absolute atomic E-state index is 11.3. The predicted molar refractivity (Wildman–Crippen MR) is 127 cm³/mol. The standard InChI is InChI=1S/C26H50O5/c1-23(27)18-14-13-16-20-24(28)19-15-11-9-7-5-4-6-8-10-12-17-21-25(30-2)22-26(29)31-3/h24-25,28H,4-22H2,1-3H3. The Bertz CT molecular complexity index is 424. The van der Waals surface area contributed by atoms with Gasteiger partial charge >= 0.3 is 5.97 Å². The van der Waals surface area contributed by atoms with Crippen molar-refractivity contribution in [1.82, 2.24) is 0 Å². The van der Waals surface area contributed by atoms with Crippen LogP contribution < -0.4 is 0 Å². The molecule has 0 aliphatic rings. The number of esters is 1. The van der Waals surface area contributed by atoms with Crippen LogP contribution in [0.3, 0.4) is 0 Å². The molecule has 0 aromatic rings. The van der Waals surface area contributed by atoms with E-state index in [9.17, 15) is 14.7 Å². The number of aliphatic hydroxyl groups is 1. The third kappa shape index (κ3) is 22.1. The lowest BCUT2D eigenvalue weighted by Crippen LogP contribution is -2.17. The highest BCUT2D eigenvalue weighted by molar-refractivity contribution is 5.75. The second kappa shape index (κ2) is 22.3. The van der Waals surface area contributed by atoms with E-state index in [0.29, 0.717) is 12.8 Å². The number of aliphatic hydroxyl groups excluding tert-OH is 1. The van der Waals surface area contributed by atoms with Crippen LogP contribution in [-0.2, 0) is 19.1 Å². The fourth-order valence-corrected chi connectivity index (χ4v) is 3.99. The van der Waals surface area contributed by atoms with Crippen LogP contribution in [0.5, 0.6) is 0 Å². The van der Waals surface area contributed by atoms with E-state index in [2.05, 4.69) is 0 Å². The number of carbonyl (C=O) groups is 2. The SMILES string of the molecule is COC(=O)CC(CCCCCCCCCCCCCC(O)CCCCCC(C)=O)OC. The maximum atomic E-state index is 11.3. The summed E-state index contributed by atoms with van der Waals surface area (Å²) in [5.74, 6) is 0.0748. The number of methoxy groups -OCH3 is 2. The molecule has 0 spiro atoms. The Kier molecular flexibility index (Phi) is 21.6. The summed E-state index contributed by atoms with van der Waals surface area (Å²) in [5, 5.41) is 10.0. The first kappa shape index (κ1) is 30.1. The Morgan fingerprint density at radius 1 is 0.677 bits per heavy atom. The molecule has 0 aliphatic heterocycles. The summed E-state index contributed by atoms with van der Waals surface area (Å²) in [4.78, 5) is 22.2. The van der Waals surface area contributed by atoms with Gasteiger partial charge in [0.05, 0.1) is 25.7 Å². The summed E-state index contributed by atoms with van der Waals surface area (Å²) in [6, 6.07) is 0. The average molecular weight is 443 g/mol. The van der Waals surface area contributed by atoms with Crippen LogP contribution in [0.1, 0.15) is 129 Å². The van der Waals surface area contributed by atoms with Crippen LogP contribution in [0.2, 0.25) is 0 Å². The van der Waals surface area contributed by atoms with Gasteiger partial charge in [-0.3, -0.25) is 4.79 Å². The lowest BCUT2D eigenvalue weighted by Gasteiger charge is -2.13. The lowest BCUT2D eigenvalue weighted by atomic mass is 10.0. The zero-order valence-electron chi connectivity index (χ0n) is 20.7. The molecule has 0 heterocycles. The molecule has 0 bridgehead atoms. The third-order valence-corrected chi connectivity index (χ3v) is 6.08. The highest BCUT2D eigenvalue weighted by Crippen LogP contribution is 2.16. The number of Topliss-reactive ketones (excluding diaryl/α,β-unsaturated/α-hetero) is 1. The molecule has 0 saturated carbocycles. The van der Waals surface area contributed by atoms with Gasteiger partial charge in [0.2, 0.25) is 0 Å². The molecule has 0 aromatic carbocycles. The van der Waals surface area contributed by atoms with E-state index in [-0.39, 0.29) is 24.0 Å². The van der Waals surface area contributed by atoms with Gasteiger partial charge in [-0.2, -0.15) is 0 Å². The highest BCUT2D eigenvalue weighted by atomic mass is 16.5. The summed E-state index contributed by atoms with van der Waals surface area (Å²) < 4.78 is 10.0. The monoisotopic (exact) mass is 442 g/mol. The molecule has 5 heteroatoms. The van der Waals surface area contributed by atoms with Crippen LogP contribution in [0.25, 0.3) is 0 Å². The van der Waals surface area contributed by atoms with Crippen molar-refractivity contribution in [1.29, 1.82) is 0 Å². The molecule has 1 N–H and O–H groups in total. The summed E-state index contributed by atoms with van der Waals surface area (Å²) in [6.45, 7) is 1.64. The molecule has 0 aromatic heterocycles. The van der Waals surface area contributed by atoms with Crippen molar-refractivity contribution < 1.29 is 24.2 Å². The fourth-order valence-electron chi connectivity index (χ4n) is 3.99. The van der Waals surface area contributed by atoms with Gasteiger partial charge in [-0.15, -0.1) is 0 Å². The van der Waals surface area contributed by atoms with Crippen LogP contribution in [0.4, 0.5) is 0 Å². The average Bonchev–Trinajstić information content (AvgIpc) is 2.75. The quantitative estimate of drug-likeness (QED) is 0.144. The summed E-state index contributed by atoms with van der Waals surface area (Å²) in [5.41, 5.74) is 0. The lowest BCUT2D eigenvalue weighted by molar-refractivity contribution is -0.143. The number of carbonyl (C=O) groups excluding carboxylic acids is 2. The first-order valence-electron chi connectivity index (χ1n) is 12.8. The summed E-state index contributed by atoms with van der Waals surface area (Å²) in [7, 11) is 3.08. The van der Waals surface area contributed by atoms with E-state index in [1.165, 1.54) is 64.9 Å². The Hall–Kier alpha value is -0.940. The Morgan fingerprint density at radius 2 is 1.10 bits per heavy atom. The first-order chi connectivity index (χ1) is 15.0. The van der Waals surface area contributed by atoms with Crippen molar-refractivity contribution in [2.75, 3.05) is 14.2 Å². The minimum atomic E-state index is -0.194. The molecule has 2 atom stereocenters. The van der Waals surface area contributed by atoms with Crippen LogP contribution in [0.15, 0.2) is 0 Å². The second-order valence-corrected chi connectivity index (χ2v) is 9.06. The van der Waals surface area contributed by atoms with E-state index >= 15 is 0 Å². The number of unbranched alkanes of at least 4 members (excludes halogenated alkanes) is 12. The van der Waals surface area contributed by atoms with E-state index in [4.69, 9.17) is 9.47 Å². The van der Waals surface area contributed by atoms with Gasteiger partial charge in [0.25, 0.3) is 0 Å². The Balaban J connectivity index is 3.30. The number of ether oxygens (including phenoxy) is 2.